The first-order valence-corrected chi connectivity index (χ1v) is 19.6. The second-order valence-electron chi connectivity index (χ2n) is 14.6. The van der Waals surface area contributed by atoms with Gasteiger partial charge in [-0.15, -0.1) is 11.8 Å². The third-order valence-corrected chi connectivity index (χ3v) is 14.6. The van der Waals surface area contributed by atoms with Crippen molar-refractivity contribution in [2.75, 3.05) is 0 Å². The van der Waals surface area contributed by atoms with Crippen LogP contribution in [0.3, 0.4) is 0 Å². The molecule has 1 amide bonds. The number of hydrogen-bond acceptors (Lipinski definition) is 8. The van der Waals surface area contributed by atoms with Gasteiger partial charge in [0, 0.05) is 23.1 Å². The van der Waals surface area contributed by atoms with Crippen molar-refractivity contribution in [3.63, 3.8) is 0 Å². The van der Waals surface area contributed by atoms with E-state index in [9.17, 15) is 27.4 Å². The lowest BCUT2D eigenvalue weighted by Gasteiger charge is -2.45. The zero-order valence-corrected chi connectivity index (χ0v) is 28.8. The van der Waals surface area contributed by atoms with Crippen LogP contribution in [-0.4, -0.2) is 64.4 Å². The second-order valence-corrected chi connectivity index (χ2v) is 17.4. The van der Waals surface area contributed by atoms with Gasteiger partial charge in [0.15, 0.2) is 0 Å². The van der Waals surface area contributed by atoms with Gasteiger partial charge in [-0.3, -0.25) is 18.9 Å². The molecule has 10 rings (SSSR count). The molecule has 0 radical (unpaired) electrons. The number of fused-ring (bicyclic) bond motifs is 3. The number of likely N-dealkylation sites (tertiary alicyclic amines) is 1. The predicted molar refractivity (Wildman–Crippen MR) is 181 cm³/mol. The molecule has 4 aliphatic carbocycles. The molecule has 3 aromatic carbocycles. The lowest BCUT2D eigenvalue weighted by Crippen LogP contribution is -2.52. The predicted octanol–water partition coefficient (Wildman–Crippen LogP) is 5.28. The van der Waals surface area contributed by atoms with E-state index in [4.69, 9.17) is 9.47 Å². The Morgan fingerprint density at radius 2 is 1.51 bits per heavy atom. The Hall–Kier alpha value is -3.67. The van der Waals surface area contributed by atoms with E-state index in [0.717, 1.165) is 24.0 Å². The summed E-state index contributed by atoms with van der Waals surface area (Å²) in [6.45, 7) is 3.90. The number of rotatable bonds is 6. The smallest absolute Gasteiger partial charge is 0.316 e. The number of carbonyl (C=O) groups is 3. The number of carbonyl (C=O) groups excluding carboxylic acids is 3. The second kappa shape index (κ2) is 11.2. The fraction of sp³-hybridized carbons (Fsp3) is 0.447. The number of thioether (sulfide) groups is 1. The van der Waals surface area contributed by atoms with Crippen LogP contribution in [0.2, 0.25) is 0 Å². The molecule has 3 saturated heterocycles. The van der Waals surface area contributed by atoms with Gasteiger partial charge in [-0.25, -0.2) is 0 Å². The monoisotopic (exact) mass is 699 g/mol. The van der Waals surface area contributed by atoms with Gasteiger partial charge in [-0.05, 0) is 91.5 Å². The summed E-state index contributed by atoms with van der Waals surface area (Å²) in [6.07, 6.45) is 2.47. The molecule has 7 unspecified atom stereocenters. The Kier molecular flexibility index (Phi) is 7.14. The number of ether oxygens (including phenoxy) is 2. The van der Waals surface area contributed by atoms with Crippen LogP contribution in [0, 0.1) is 17.8 Å². The van der Waals surface area contributed by atoms with Crippen molar-refractivity contribution in [3.8, 4) is 5.75 Å². The summed E-state index contributed by atoms with van der Waals surface area (Å²) in [5.41, 5.74) is 5.91. The summed E-state index contributed by atoms with van der Waals surface area (Å²) in [6, 6.07) is 18.9. The SMILES string of the molecule is CC(C)N1C(=O)C2C3SC(C(OC(=O)C4CC5c6ccccc6C4c4ccccc45)C31)C2C(=O)Oc1ccc(S(=O)(=O)O)c2c1CCCC2. The van der Waals surface area contributed by atoms with Gasteiger partial charge >= 0.3 is 11.9 Å². The van der Waals surface area contributed by atoms with Crippen LogP contribution >= 0.6 is 11.8 Å². The van der Waals surface area contributed by atoms with E-state index in [1.165, 1.54) is 23.3 Å². The first-order chi connectivity index (χ1) is 23.5. The quantitative estimate of drug-likeness (QED) is 0.208. The van der Waals surface area contributed by atoms with Crippen molar-refractivity contribution in [2.24, 2.45) is 17.8 Å². The summed E-state index contributed by atoms with van der Waals surface area (Å²) < 4.78 is 46.7. The molecular formula is C38H37NO8S2. The minimum atomic E-state index is -4.45. The van der Waals surface area contributed by atoms with E-state index in [1.54, 1.807) is 11.8 Å². The highest BCUT2D eigenvalue weighted by atomic mass is 32.2. The van der Waals surface area contributed by atoms with Gasteiger partial charge in [0.05, 0.1) is 33.9 Å². The van der Waals surface area contributed by atoms with Crippen LogP contribution < -0.4 is 4.74 Å². The van der Waals surface area contributed by atoms with Crippen LogP contribution in [0.5, 0.6) is 5.75 Å². The van der Waals surface area contributed by atoms with Crippen LogP contribution in [0.4, 0.5) is 0 Å². The summed E-state index contributed by atoms with van der Waals surface area (Å²) in [7, 11) is -4.45. The summed E-state index contributed by atoms with van der Waals surface area (Å²) in [5, 5.41) is -0.673. The minimum Gasteiger partial charge on any atom is -0.459 e. The van der Waals surface area contributed by atoms with Crippen LogP contribution in [0.15, 0.2) is 65.6 Å². The number of nitrogens with zero attached hydrogens (tertiary/aromatic N) is 1. The molecule has 7 atom stereocenters. The van der Waals surface area contributed by atoms with E-state index in [1.807, 2.05) is 43.0 Å². The van der Waals surface area contributed by atoms with Crippen molar-refractivity contribution in [2.45, 2.75) is 91.4 Å². The number of hydrogen-bond donors (Lipinski definition) is 1. The zero-order valence-electron chi connectivity index (χ0n) is 27.2. The fourth-order valence-electron chi connectivity index (χ4n) is 10.1. The molecule has 0 saturated carbocycles. The maximum Gasteiger partial charge on any atom is 0.316 e. The molecule has 3 aromatic rings. The summed E-state index contributed by atoms with van der Waals surface area (Å²) in [5.74, 6) is -2.59. The molecule has 9 nitrogen and oxygen atoms in total. The lowest BCUT2D eigenvalue weighted by atomic mass is 9.59. The third-order valence-electron chi connectivity index (χ3n) is 11.9. The van der Waals surface area contributed by atoms with Gasteiger partial charge in [0.1, 0.15) is 11.9 Å². The van der Waals surface area contributed by atoms with E-state index < -0.39 is 45.2 Å². The fourth-order valence-corrected chi connectivity index (χ4v) is 12.9. The Morgan fingerprint density at radius 1 is 0.878 bits per heavy atom. The Balaban J connectivity index is 1.03. The molecular weight excluding hydrogens is 663 g/mol. The van der Waals surface area contributed by atoms with Gasteiger partial charge in [-0.2, -0.15) is 8.42 Å². The summed E-state index contributed by atoms with van der Waals surface area (Å²) in [4.78, 5) is 44.2. The van der Waals surface area contributed by atoms with Crippen molar-refractivity contribution in [3.05, 3.63) is 94.0 Å². The molecule has 254 valence electrons. The average molecular weight is 700 g/mol. The average Bonchev–Trinajstić information content (AvgIpc) is 3.71. The zero-order chi connectivity index (χ0) is 33.9. The largest absolute Gasteiger partial charge is 0.459 e. The molecule has 1 N–H and O–H groups in total. The van der Waals surface area contributed by atoms with Crippen molar-refractivity contribution >= 4 is 39.7 Å². The lowest BCUT2D eigenvalue weighted by molar-refractivity contribution is -0.161. The number of benzene rings is 3. The van der Waals surface area contributed by atoms with E-state index in [0.29, 0.717) is 30.4 Å². The van der Waals surface area contributed by atoms with E-state index in [2.05, 4.69) is 24.3 Å². The molecule has 49 heavy (non-hydrogen) atoms. The van der Waals surface area contributed by atoms with Gasteiger partial charge in [-0.1, -0.05) is 48.5 Å². The molecule has 4 bridgehead atoms. The molecule has 7 aliphatic rings. The van der Waals surface area contributed by atoms with E-state index >= 15 is 0 Å². The van der Waals surface area contributed by atoms with Crippen molar-refractivity contribution in [1.29, 1.82) is 0 Å². The van der Waals surface area contributed by atoms with Gasteiger partial charge < -0.3 is 14.4 Å². The van der Waals surface area contributed by atoms with Crippen LogP contribution in [0.1, 0.15) is 78.3 Å². The maximum atomic E-state index is 14.4. The molecule has 11 heteroatoms. The van der Waals surface area contributed by atoms with Gasteiger partial charge in [0.25, 0.3) is 10.1 Å². The van der Waals surface area contributed by atoms with Crippen LogP contribution in [-0.2, 0) is 42.1 Å². The maximum absolute atomic E-state index is 14.4. The molecule has 3 fully saturated rings. The van der Waals surface area contributed by atoms with Crippen molar-refractivity contribution in [1.82, 2.24) is 4.90 Å². The highest BCUT2D eigenvalue weighted by Gasteiger charge is 2.72. The molecule has 0 spiro atoms. The van der Waals surface area contributed by atoms with Crippen LogP contribution in [0.25, 0.3) is 0 Å². The third kappa shape index (κ3) is 4.54. The minimum absolute atomic E-state index is 0.0924. The first kappa shape index (κ1) is 31.3. The highest BCUT2D eigenvalue weighted by Crippen LogP contribution is 2.61. The molecule has 3 aliphatic heterocycles. The Labute approximate surface area is 289 Å². The number of amides is 1. The van der Waals surface area contributed by atoms with Gasteiger partial charge in [0.2, 0.25) is 5.91 Å². The van der Waals surface area contributed by atoms with Crippen molar-refractivity contribution < 1.29 is 36.8 Å². The first-order valence-electron chi connectivity index (χ1n) is 17.2. The molecule has 0 aromatic heterocycles. The Morgan fingerprint density at radius 3 is 2.14 bits per heavy atom. The topological polar surface area (TPSA) is 127 Å². The molecule has 3 heterocycles. The summed E-state index contributed by atoms with van der Waals surface area (Å²) >= 11 is 1.55. The normalized spacial score (nSPS) is 31.8. The number of esters is 2. The highest BCUT2D eigenvalue weighted by molar-refractivity contribution is 8.01. The van der Waals surface area contributed by atoms with E-state index in [-0.39, 0.29) is 51.7 Å². The standard InChI is InChI=1S/C38H37NO8S2/c1-18(2)39-32-33(47-37(41)26-17-25-19-9-3-7-13-23(19)29(26)24-14-8-4-10-20(24)25)35-31(30(36(39)40)34(32)48-35)38(42)46-27-15-16-28(49(43,44)45)22-12-6-5-11-21(22)27/h3-4,7-10,13-16,18,25-26,29-35H,5-6,11-12,17H2,1-2H3,(H,43,44,45). The Bertz CT molecular complexity index is 2000.